The van der Waals surface area contributed by atoms with Crippen molar-refractivity contribution in [1.82, 2.24) is 0 Å². The Bertz CT molecular complexity index is 423. The molecule has 0 heterocycles. The quantitative estimate of drug-likeness (QED) is 0.876. The van der Waals surface area contributed by atoms with Crippen molar-refractivity contribution in [2.45, 2.75) is 52.2 Å². The van der Waals surface area contributed by atoms with E-state index in [1.165, 1.54) is 6.42 Å². The SMILES string of the molecule is CC1CC(C)CC(Oc2ccc(C(C)N)c(Br)c2)C1. The van der Waals surface area contributed by atoms with E-state index >= 15 is 0 Å². The molecule has 0 radical (unpaired) electrons. The second kappa shape index (κ2) is 6.27. The maximum absolute atomic E-state index is 6.14. The van der Waals surface area contributed by atoms with Crippen LogP contribution in [0.4, 0.5) is 0 Å². The van der Waals surface area contributed by atoms with Gasteiger partial charge in [0.2, 0.25) is 0 Å². The van der Waals surface area contributed by atoms with Crippen molar-refractivity contribution in [3.63, 3.8) is 0 Å². The maximum atomic E-state index is 6.14. The summed E-state index contributed by atoms with van der Waals surface area (Å²) in [5.74, 6) is 2.48. The Labute approximate surface area is 124 Å². The first-order valence-electron chi connectivity index (χ1n) is 7.17. The van der Waals surface area contributed by atoms with Crippen molar-refractivity contribution >= 4 is 15.9 Å². The molecule has 0 aromatic heterocycles. The van der Waals surface area contributed by atoms with E-state index in [-0.39, 0.29) is 6.04 Å². The smallest absolute Gasteiger partial charge is 0.120 e. The Kier molecular flexibility index (Phi) is 4.91. The highest BCUT2D eigenvalue weighted by Gasteiger charge is 2.25. The molecular weight excluding hydrogens is 302 g/mol. The van der Waals surface area contributed by atoms with Gasteiger partial charge in [0.1, 0.15) is 5.75 Å². The summed E-state index contributed by atoms with van der Waals surface area (Å²) in [6.07, 6.45) is 4.01. The highest BCUT2D eigenvalue weighted by Crippen LogP contribution is 2.33. The minimum Gasteiger partial charge on any atom is -0.490 e. The van der Waals surface area contributed by atoms with Crippen LogP contribution in [-0.2, 0) is 0 Å². The minimum absolute atomic E-state index is 0.0400. The first-order chi connectivity index (χ1) is 8.95. The number of nitrogens with two attached hydrogens (primary N) is 1. The van der Waals surface area contributed by atoms with Crippen LogP contribution in [0.5, 0.6) is 5.75 Å². The Morgan fingerprint density at radius 1 is 1.21 bits per heavy atom. The summed E-state index contributed by atoms with van der Waals surface area (Å²) < 4.78 is 7.18. The summed E-state index contributed by atoms with van der Waals surface area (Å²) >= 11 is 3.58. The Morgan fingerprint density at radius 3 is 2.37 bits per heavy atom. The van der Waals surface area contributed by atoms with E-state index < -0.39 is 0 Å². The summed E-state index contributed by atoms with van der Waals surface area (Å²) in [5.41, 5.74) is 7.04. The van der Waals surface area contributed by atoms with E-state index in [0.717, 1.165) is 40.5 Å². The van der Waals surface area contributed by atoms with Gasteiger partial charge in [-0.3, -0.25) is 0 Å². The third-order valence-corrected chi connectivity index (χ3v) is 4.59. The lowest BCUT2D eigenvalue weighted by Gasteiger charge is -2.31. The minimum atomic E-state index is 0.0400. The summed E-state index contributed by atoms with van der Waals surface area (Å²) in [4.78, 5) is 0. The molecular formula is C16H24BrNO. The van der Waals surface area contributed by atoms with E-state index in [2.05, 4.69) is 35.8 Å². The molecule has 3 heteroatoms. The molecule has 19 heavy (non-hydrogen) atoms. The highest BCUT2D eigenvalue weighted by molar-refractivity contribution is 9.10. The van der Waals surface area contributed by atoms with Crippen LogP contribution in [0.3, 0.4) is 0 Å². The van der Waals surface area contributed by atoms with E-state index in [1.54, 1.807) is 0 Å². The van der Waals surface area contributed by atoms with Crippen LogP contribution in [0.25, 0.3) is 0 Å². The van der Waals surface area contributed by atoms with Gasteiger partial charge in [0.15, 0.2) is 0 Å². The lowest BCUT2D eigenvalue weighted by atomic mass is 9.82. The zero-order chi connectivity index (χ0) is 14.0. The third kappa shape index (κ3) is 3.96. The van der Waals surface area contributed by atoms with Crippen LogP contribution in [0.1, 0.15) is 51.6 Å². The van der Waals surface area contributed by atoms with Crippen LogP contribution in [0.15, 0.2) is 22.7 Å². The molecule has 3 atom stereocenters. The summed E-state index contributed by atoms with van der Waals surface area (Å²) in [6, 6.07) is 6.17. The van der Waals surface area contributed by atoms with Crippen LogP contribution < -0.4 is 10.5 Å². The number of hydrogen-bond acceptors (Lipinski definition) is 2. The van der Waals surface area contributed by atoms with Crippen molar-refractivity contribution in [1.29, 1.82) is 0 Å². The number of benzene rings is 1. The van der Waals surface area contributed by atoms with Crippen LogP contribution in [0.2, 0.25) is 0 Å². The van der Waals surface area contributed by atoms with E-state index in [9.17, 15) is 0 Å². The predicted molar refractivity (Wildman–Crippen MR) is 83.3 cm³/mol. The zero-order valence-corrected chi connectivity index (χ0v) is 13.6. The molecule has 2 nitrogen and oxygen atoms in total. The molecule has 2 N–H and O–H groups in total. The number of ether oxygens (including phenoxy) is 1. The summed E-state index contributed by atoms with van der Waals surface area (Å²) in [6.45, 7) is 6.63. The molecule has 1 aliphatic rings. The molecule has 0 spiro atoms. The van der Waals surface area contributed by atoms with Gasteiger partial charge in [0, 0.05) is 10.5 Å². The fourth-order valence-electron chi connectivity index (χ4n) is 3.11. The molecule has 3 unspecified atom stereocenters. The molecule has 0 saturated heterocycles. The molecule has 0 amide bonds. The monoisotopic (exact) mass is 325 g/mol. The van der Waals surface area contributed by atoms with E-state index in [1.807, 2.05) is 19.1 Å². The fraction of sp³-hybridized carbons (Fsp3) is 0.625. The van der Waals surface area contributed by atoms with Gasteiger partial charge in [0.25, 0.3) is 0 Å². The summed E-state index contributed by atoms with van der Waals surface area (Å²) in [7, 11) is 0. The number of hydrogen-bond donors (Lipinski definition) is 1. The molecule has 1 aliphatic carbocycles. The van der Waals surface area contributed by atoms with Gasteiger partial charge >= 0.3 is 0 Å². The molecule has 1 aromatic carbocycles. The number of rotatable bonds is 3. The first-order valence-corrected chi connectivity index (χ1v) is 7.96. The molecule has 1 fully saturated rings. The largest absolute Gasteiger partial charge is 0.490 e. The molecule has 106 valence electrons. The van der Waals surface area contributed by atoms with Crippen LogP contribution in [-0.4, -0.2) is 6.10 Å². The second-order valence-corrected chi connectivity index (χ2v) is 6.98. The lowest BCUT2D eigenvalue weighted by molar-refractivity contribution is 0.101. The van der Waals surface area contributed by atoms with E-state index in [4.69, 9.17) is 10.5 Å². The van der Waals surface area contributed by atoms with Crippen molar-refractivity contribution in [3.8, 4) is 5.75 Å². The van der Waals surface area contributed by atoms with Crippen molar-refractivity contribution in [3.05, 3.63) is 28.2 Å². The normalized spacial score (nSPS) is 29.0. The van der Waals surface area contributed by atoms with Gasteiger partial charge in [-0.15, -0.1) is 0 Å². The maximum Gasteiger partial charge on any atom is 0.120 e. The molecule has 0 aliphatic heterocycles. The van der Waals surface area contributed by atoms with Gasteiger partial charge in [-0.2, -0.15) is 0 Å². The fourth-order valence-corrected chi connectivity index (χ4v) is 3.83. The van der Waals surface area contributed by atoms with E-state index in [0.29, 0.717) is 6.10 Å². The zero-order valence-electron chi connectivity index (χ0n) is 12.0. The van der Waals surface area contributed by atoms with Gasteiger partial charge in [-0.05, 0) is 55.7 Å². The molecule has 1 saturated carbocycles. The summed E-state index contributed by atoms with van der Waals surface area (Å²) in [5, 5.41) is 0. The number of halogens is 1. The molecule has 0 bridgehead atoms. The Balaban J connectivity index is 2.05. The van der Waals surface area contributed by atoms with Gasteiger partial charge in [-0.25, -0.2) is 0 Å². The molecule has 1 aromatic rings. The van der Waals surface area contributed by atoms with Gasteiger partial charge in [0.05, 0.1) is 6.10 Å². The van der Waals surface area contributed by atoms with Crippen molar-refractivity contribution in [2.75, 3.05) is 0 Å². The Hall–Kier alpha value is -0.540. The Morgan fingerprint density at radius 2 is 1.84 bits per heavy atom. The first kappa shape index (κ1) is 14.9. The molecule has 2 rings (SSSR count). The second-order valence-electron chi connectivity index (χ2n) is 6.13. The third-order valence-electron chi connectivity index (χ3n) is 3.90. The van der Waals surface area contributed by atoms with Crippen LogP contribution in [0, 0.1) is 11.8 Å². The highest BCUT2D eigenvalue weighted by atomic mass is 79.9. The van der Waals surface area contributed by atoms with Gasteiger partial charge in [-0.1, -0.05) is 35.8 Å². The predicted octanol–water partition coefficient (Wildman–Crippen LogP) is 4.67. The topological polar surface area (TPSA) is 35.2 Å². The average Bonchev–Trinajstić information content (AvgIpc) is 2.26. The van der Waals surface area contributed by atoms with Gasteiger partial charge < -0.3 is 10.5 Å². The standard InChI is InChI=1S/C16H24BrNO/c1-10-6-11(2)8-14(7-10)19-13-4-5-15(12(3)18)16(17)9-13/h4-5,9-12,14H,6-8,18H2,1-3H3. The van der Waals surface area contributed by atoms with Crippen molar-refractivity contribution < 1.29 is 4.74 Å². The average molecular weight is 326 g/mol. The van der Waals surface area contributed by atoms with Crippen LogP contribution >= 0.6 is 15.9 Å². The lowest BCUT2D eigenvalue weighted by Crippen LogP contribution is -2.28. The van der Waals surface area contributed by atoms with Crippen molar-refractivity contribution in [2.24, 2.45) is 17.6 Å².